The van der Waals surface area contributed by atoms with E-state index in [4.69, 9.17) is 0 Å². The van der Waals surface area contributed by atoms with Crippen LogP contribution in [0.3, 0.4) is 0 Å². The first-order valence-electron chi connectivity index (χ1n) is 6.05. The predicted octanol–water partition coefficient (Wildman–Crippen LogP) is -0.0540. The van der Waals surface area contributed by atoms with Crippen LogP contribution in [0.5, 0.6) is 0 Å². The van der Waals surface area contributed by atoms with E-state index in [2.05, 4.69) is 10.6 Å². The van der Waals surface area contributed by atoms with Crippen molar-refractivity contribution in [3.63, 3.8) is 0 Å². The molecule has 0 aromatic heterocycles. The van der Waals surface area contributed by atoms with Gasteiger partial charge in [0.15, 0.2) is 0 Å². The Kier molecular flexibility index (Phi) is 4.12. The minimum atomic E-state index is -0.817. The van der Waals surface area contributed by atoms with Gasteiger partial charge in [-0.3, -0.25) is 0 Å². The predicted molar refractivity (Wildman–Crippen MR) is 66.7 cm³/mol. The Morgan fingerprint density at radius 1 is 1.35 bits per heavy atom. The number of fused-ring (bicyclic) bond motifs is 1. The molecule has 2 atom stereocenters. The second-order valence-electron chi connectivity index (χ2n) is 4.52. The molecule has 1 aliphatic heterocycles. The topological polar surface area (TPSA) is 64.5 Å². The highest BCUT2D eigenvalue weighted by molar-refractivity contribution is 5.35. The summed E-state index contributed by atoms with van der Waals surface area (Å²) in [5.41, 5.74) is 3.36. The van der Waals surface area contributed by atoms with Gasteiger partial charge in [-0.05, 0) is 36.7 Å². The summed E-state index contributed by atoms with van der Waals surface area (Å²) in [4.78, 5) is 0. The number of hydrogen-bond donors (Lipinski definition) is 4. The summed E-state index contributed by atoms with van der Waals surface area (Å²) < 4.78 is 0. The molecule has 0 fully saturated rings. The van der Waals surface area contributed by atoms with E-state index in [-0.39, 0.29) is 0 Å². The zero-order valence-corrected chi connectivity index (χ0v) is 10.1. The molecule has 1 aliphatic rings. The summed E-state index contributed by atoms with van der Waals surface area (Å²) in [6, 6.07) is 5.95. The molecule has 1 aromatic rings. The number of likely N-dealkylation sites (N-methyl/N-ethyl adjacent to an activating group) is 1. The average Bonchev–Trinajstić information content (AvgIpc) is 2.37. The fourth-order valence-corrected chi connectivity index (χ4v) is 2.22. The second kappa shape index (κ2) is 5.60. The fourth-order valence-electron chi connectivity index (χ4n) is 2.22. The van der Waals surface area contributed by atoms with Gasteiger partial charge in [0.1, 0.15) is 6.10 Å². The maximum Gasteiger partial charge on any atom is 0.106 e. The molecular formula is C13H20N2O2. The normalized spacial score (nSPS) is 18.5. The van der Waals surface area contributed by atoms with Crippen LogP contribution in [0.2, 0.25) is 0 Å². The van der Waals surface area contributed by atoms with Crippen molar-refractivity contribution in [3.8, 4) is 0 Å². The van der Waals surface area contributed by atoms with Crippen molar-refractivity contribution < 1.29 is 10.2 Å². The van der Waals surface area contributed by atoms with Gasteiger partial charge in [-0.1, -0.05) is 18.2 Å². The molecule has 1 aromatic carbocycles. The summed E-state index contributed by atoms with van der Waals surface area (Å²) >= 11 is 0. The van der Waals surface area contributed by atoms with Crippen LogP contribution in [0.1, 0.15) is 22.8 Å². The van der Waals surface area contributed by atoms with Gasteiger partial charge in [0.25, 0.3) is 0 Å². The van der Waals surface area contributed by atoms with Gasteiger partial charge >= 0.3 is 0 Å². The number of hydrogen-bond acceptors (Lipinski definition) is 4. The second-order valence-corrected chi connectivity index (χ2v) is 4.52. The third kappa shape index (κ3) is 2.84. The van der Waals surface area contributed by atoms with Gasteiger partial charge in [0.05, 0.1) is 6.10 Å². The molecule has 4 heteroatoms. The Morgan fingerprint density at radius 2 is 2.18 bits per heavy atom. The fraction of sp³-hybridized carbons (Fsp3) is 0.538. The minimum absolute atomic E-state index is 0.389. The van der Waals surface area contributed by atoms with Crippen LogP contribution in [0.15, 0.2) is 18.2 Å². The third-order valence-corrected chi connectivity index (χ3v) is 3.24. The zero-order valence-electron chi connectivity index (χ0n) is 10.1. The highest BCUT2D eigenvalue weighted by Gasteiger charge is 2.19. The number of aliphatic hydroxyl groups is 2. The molecule has 0 bridgehead atoms. The van der Waals surface area contributed by atoms with Gasteiger partial charge in [0.2, 0.25) is 0 Å². The molecule has 1 heterocycles. The van der Waals surface area contributed by atoms with Crippen molar-refractivity contribution in [2.75, 3.05) is 20.1 Å². The minimum Gasteiger partial charge on any atom is -0.389 e. The van der Waals surface area contributed by atoms with E-state index >= 15 is 0 Å². The van der Waals surface area contributed by atoms with Gasteiger partial charge in [-0.15, -0.1) is 0 Å². The maximum absolute atomic E-state index is 10.0. The molecule has 0 amide bonds. The first-order chi connectivity index (χ1) is 8.22. The molecule has 4 nitrogen and oxygen atoms in total. The van der Waals surface area contributed by atoms with Crippen LogP contribution in [0.25, 0.3) is 0 Å². The number of nitrogens with one attached hydrogen (secondary N) is 2. The number of benzene rings is 1. The SMILES string of the molecule is CNCC(O)C(O)c1ccc2c(c1)CCNC2. The zero-order chi connectivity index (χ0) is 12.3. The summed E-state index contributed by atoms with van der Waals surface area (Å²) in [5.74, 6) is 0. The molecule has 17 heavy (non-hydrogen) atoms. The first-order valence-corrected chi connectivity index (χ1v) is 6.05. The molecule has 0 saturated heterocycles. The van der Waals surface area contributed by atoms with Crippen molar-refractivity contribution in [3.05, 3.63) is 34.9 Å². The van der Waals surface area contributed by atoms with Crippen LogP contribution in [0.4, 0.5) is 0 Å². The molecule has 2 unspecified atom stereocenters. The van der Waals surface area contributed by atoms with Crippen molar-refractivity contribution in [1.29, 1.82) is 0 Å². The summed E-state index contributed by atoms with van der Waals surface area (Å²) in [5, 5.41) is 25.9. The molecule has 4 N–H and O–H groups in total. The van der Waals surface area contributed by atoms with E-state index < -0.39 is 12.2 Å². The van der Waals surface area contributed by atoms with Crippen molar-refractivity contribution >= 4 is 0 Å². The quantitative estimate of drug-likeness (QED) is 0.592. The molecule has 0 radical (unpaired) electrons. The Balaban J connectivity index is 2.15. The Labute approximate surface area is 102 Å². The number of rotatable bonds is 4. The lowest BCUT2D eigenvalue weighted by Crippen LogP contribution is -2.30. The van der Waals surface area contributed by atoms with Gasteiger partial charge in [-0.2, -0.15) is 0 Å². The van der Waals surface area contributed by atoms with Crippen LogP contribution in [0, 0.1) is 0 Å². The highest BCUT2D eigenvalue weighted by Crippen LogP contribution is 2.22. The summed E-state index contributed by atoms with van der Waals surface area (Å²) in [7, 11) is 1.76. The maximum atomic E-state index is 10.0. The van der Waals surface area contributed by atoms with Crippen LogP contribution < -0.4 is 10.6 Å². The average molecular weight is 236 g/mol. The van der Waals surface area contributed by atoms with Crippen molar-refractivity contribution in [2.24, 2.45) is 0 Å². The Hall–Kier alpha value is -0.940. The van der Waals surface area contributed by atoms with Gasteiger partial charge in [0, 0.05) is 13.1 Å². The Morgan fingerprint density at radius 3 is 2.94 bits per heavy atom. The van der Waals surface area contributed by atoms with E-state index in [1.165, 1.54) is 11.1 Å². The first kappa shape index (κ1) is 12.5. The third-order valence-electron chi connectivity index (χ3n) is 3.24. The van der Waals surface area contributed by atoms with Crippen LogP contribution in [-0.4, -0.2) is 36.5 Å². The van der Waals surface area contributed by atoms with Crippen molar-refractivity contribution in [1.82, 2.24) is 10.6 Å². The molecular weight excluding hydrogens is 216 g/mol. The van der Waals surface area contributed by atoms with Crippen molar-refractivity contribution in [2.45, 2.75) is 25.2 Å². The van der Waals surface area contributed by atoms with E-state index in [1.807, 2.05) is 18.2 Å². The van der Waals surface area contributed by atoms with Crippen LogP contribution in [-0.2, 0) is 13.0 Å². The highest BCUT2D eigenvalue weighted by atomic mass is 16.3. The van der Waals surface area contributed by atoms with E-state index in [9.17, 15) is 10.2 Å². The lowest BCUT2D eigenvalue weighted by atomic mass is 9.95. The van der Waals surface area contributed by atoms with E-state index in [1.54, 1.807) is 7.05 Å². The summed E-state index contributed by atoms with van der Waals surface area (Å²) in [6.45, 7) is 2.26. The largest absolute Gasteiger partial charge is 0.389 e. The lowest BCUT2D eigenvalue weighted by molar-refractivity contribution is 0.0202. The summed E-state index contributed by atoms with van der Waals surface area (Å²) in [6.07, 6.45) is -0.597. The molecule has 0 spiro atoms. The smallest absolute Gasteiger partial charge is 0.106 e. The van der Waals surface area contributed by atoms with Crippen LogP contribution >= 0.6 is 0 Å². The monoisotopic (exact) mass is 236 g/mol. The molecule has 0 aliphatic carbocycles. The molecule has 2 rings (SSSR count). The Bertz CT molecular complexity index is 382. The number of aliphatic hydroxyl groups excluding tert-OH is 2. The van der Waals surface area contributed by atoms with E-state index in [0.29, 0.717) is 6.54 Å². The van der Waals surface area contributed by atoms with Gasteiger partial charge in [-0.25, -0.2) is 0 Å². The van der Waals surface area contributed by atoms with Gasteiger partial charge < -0.3 is 20.8 Å². The molecule has 94 valence electrons. The van der Waals surface area contributed by atoms with E-state index in [0.717, 1.165) is 25.1 Å². The molecule has 0 saturated carbocycles. The lowest BCUT2D eigenvalue weighted by Gasteiger charge is -2.22. The standard InChI is InChI=1S/C13H20N2O2/c1-14-8-12(16)13(17)10-2-3-11-7-15-5-4-9(11)6-10/h2-3,6,12-17H,4-5,7-8H2,1H3.